The molecule has 3 rings (SSSR count). The normalized spacial score (nSPS) is 10.9. The van der Waals surface area contributed by atoms with E-state index in [0.29, 0.717) is 13.1 Å². The first-order valence-electron chi connectivity index (χ1n) is 6.37. The Morgan fingerprint density at radius 1 is 1.14 bits per heavy atom. The molecule has 7 heteroatoms. The first-order valence-corrected chi connectivity index (χ1v) is 6.37. The highest BCUT2D eigenvalue weighted by Gasteiger charge is 2.08. The summed E-state index contributed by atoms with van der Waals surface area (Å²) in [6, 6.07) is 10.9. The number of para-hydroxylation sites is 1. The van der Waals surface area contributed by atoms with Gasteiger partial charge in [-0.1, -0.05) is 23.4 Å². The standard InChI is InChI=1S/C14H12N4O3/c19-13-6-5-10-3-1-2-4-12(10)18(13)8-7-17-9-11(14(20)21)15-16-17/h1-6,9H,7-8H2,(H,20,21). The van der Waals surface area contributed by atoms with E-state index < -0.39 is 5.97 Å². The number of aromatic nitrogens is 4. The molecule has 0 aliphatic rings. The maximum Gasteiger partial charge on any atom is 0.358 e. The number of rotatable bonds is 4. The molecule has 2 aromatic heterocycles. The largest absolute Gasteiger partial charge is 0.476 e. The number of hydrogen-bond donors (Lipinski definition) is 1. The third kappa shape index (κ3) is 2.53. The summed E-state index contributed by atoms with van der Waals surface area (Å²) in [4.78, 5) is 22.7. The second-order valence-electron chi connectivity index (χ2n) is 4.55. The highest BCUT2D eigenvalue weighted by molar-refractivity contribution is 5.84. The molecule has 0 aliphatic heterocycles. The van der Waals surface area contributed by atoms with Crippen LogP contribution in [0.15, 0.2) is 47.4 Å². The average molecular weight is 284 g/mol. The van der Waals surface area contributed by atoms with Crippen LogP contribution in [0.5, 0.6) is 0 Å². The zero-order valence-corrected chi connectivity index (χ0v) is 11.0. The molecule has 0 aliphatic carbocycles. The number of carboxylic acids is 1. The van der Waals surface area contributed by atoms with Gasteiger partial charge in [0, 0.05) is 12.6 Å². The van der Waals surface area contributed by atoms with Crippen molar-refractivity contribution in [2.75, 3.05) is 0 Å². The monoisotopic (exact) mass is 284 g/mol. The number of aromatic carboxylic acids is 1. The van der Waals surface area contributed by atoms with Gasteiger partial charge in [0.2, 0.25) is 0 Å². The summed E-state index contributed by atoms with van der Waals surface area (Å²) >= 11 is 0. The molecule has 1 N–H and O–H groups in total. The van der Waals surface area contributed by atoms with E-state index in [9.17, 15) is 9.59 Å². The van der Waals surface area contributed by atoms with E-state index in [1.807, 2.05) is 24.3 Å². The number of hydrogen-bond acceptors (Lipinski definition) is 4. The van der Waals surface area contributed by atoms with Crippen LogP contribution in [0.1, 0.15) is 10.5 Å². The predicted octanol–water partition coefficient (Wildman–Crippen LogP) is 0.991. The molecule has 2 heterocycles. The molecule has 3 aromatic rings. The van der Waals surface area contributed by atoms with E-state index in [1.54, 1.807) is 10.6 Å². The molecule has 1 aromatic carbocycles. The van der Waals surface area contributed by atoms with E-state index in [2.05, 4.69) is 10.3 Å². The van der Waals surface area contributed by atoms with Gasteiger partial charge < -0.3 is 9.67 Å². The second kappa shape index (κ2) is 5.20. The fourth-order valence-electron chi connectivity index (χ4n) is 2.18. The molecule has 106 valence electrons. The van der Waals surface area contributed by atoms with Crippen molar-refractivity contribution in [2.45, 2.75) is 13.1 Å². The number of aryl methyl sites for hydroxylation is 2. The van der Waals surface area contributed by atoms with E-state index in [0.717, 1.165) is 10.9 Å². The third-order valence-electron chi connectivity index (χ3n) is 3.21. The van der Waals surface area contributed by atoms with Gasteiger partial charge in [-0.15, -0.1) is 5.10 Å². The second-order valence-corrected chi connectivity index (χ2v) is 4.55. The van der Waals surface area contributed by atoms with Crippen LogP contribution in [0.25, 0.3) is 10.9 Å². The lowest BCUT2D eigenvalue weighted by atomic mass is 10.2. The molecule has 0 radical (unpaired) electrons. The minimum Gasteiger partial charge on any atom is -0.476 e. The van der Waals surface area contributed by atoms with Gasteiger partial charge in [-0.2, -0.15) is 0 Å². The summed E-state index contributed by atoms with van der Waals surface area (Å²) in [5.41, 5.74) is 0.621. The van der Waals surface area contributed by atoms with Crippen LogP contribution >= 0.6 is 0 Å². The SMILES string of the molecule is O=C(O)c1cn(CCn2c(=O)ccc3ccccc32)nn1. The molecule has 0 saturated heterocycles. The van der Waals surface area contributed by atoms with Gasteiger partial charge in [0.05, 0.1) is 18.3 Å². The van der Waals surface area contributed by atoms with Gasteiger partial charge in [0.25, 0.3) is 5.56 Å². The summed E-state index contributed by atoms with van der Waals surface area (Å²) in [5, 5.41) is 17.0. The molecule has 7 nitrogen and oxygen atoms in total. The zero-order chi connectivity index (χ0) is 14.8. The van der Waals surface area contributed by atoms with Crippen LogP contribution < -0.4 is 5.56 Å². The topological polar surface area (TPSA) is 90.0 Å². The summed E-state index contributed by atoms with van der Waals surface area (Å²) in [6.07, 6.45) is 1.35. The van der Waals surface area contributed by atoms with Gasteiger partial charge in [-0.3, -0.25) is 4.79 Å². The van der Waals surface area contributed by atoms with Crippen LogP contribution in [0.2, 0.25) is 0 Å². The Kier molecular flexibility index (Phi) is 3.23. The minimum atomic E-state index is -1.12. The van der Waals surface area contributed by atoms with Gasteiger partial charge in [0.15, 0.2) is 5.69 Å². The van der Waals surface area contributed by atoms with Crippen LogP contribution in [0.4, 0.5) is 0 Å². The fourth-order valence-corrected chi connectivity index (χ4v) is 2.18. The van der Waals surface area contributed by atoms with Gasteiger partial charge in [0.1, 0.15) is 0 Å². The average Bonchev–Trinajstić information content (AvgIpc) is 2.95. The number of benzene rings is 1. The molecule has 0 amide bonds. The van der Waals surface area contributed by atoms with Crippen LogP contribution in [-0.4, -0.2) is 30.6 Å². The first-order chi connectivity index (χ1) is 10.1. The predicted molar refractivity (Wildman–Crippen MR) is 75.2 cm³/mol. The number of carboxylic acid groups (broad SMARTS) is 1. The molecule has 0 spiro atoms. The Morgan fingerprint density at radius 3 is 2.71 bits per heavy atom. The molecule has 0 atom stereocenters. The van der Waals surface area contributed by atoms with Gasteiger partial charge in [-0.05, 0) is 17.5 Å². The van der Waals surface area contributed by atoms with Gasteiger partial charge >= 0.3 is 5.97 Å². The van der Waals surface area contributed by atoms with Gasteiger partial charge in [-0.25, -0.2) is 9.48 Å². The van der Waals surface area contributed by atoms with Crippen molar-refractivity contribution in [1.29, 1.82) is 0 Å². The smallest absolute Gasteiger partial charge is 0.358 e. The maximum atomic E-state index is 12.0. The molecule has 0 bridgehead atoms. The Labute approximate surface area is 119 Å². The third-order valence-corrected chi connectivity index (χ3v) is 3.21. The lowest BCUT2D eigenvalue weighted by Crippen LogP contribution is -2.22. The van der Waals surface area contributed by atoms with Crippen LogP contribution in [0.3, 0.4) is 0 Å². The zero-order valence-electron chi connectivity index (χ0n) is 11.0. The van der Waals surface area contributed by atoms with E-state index >= 15 is 0 Å². The minimum absolute atomic E-state index is 0.104. The van der Waals surface area contributed by atoms with E-state index in [1.165, 1.54) is 16.9 Å². The van der Waals surface area contributed by atoms with Crippen molar-refractivity contribution in [3.8, 4) is 0 Å². The number of fused-ring (bicyclic) bond motifs is 1. The number of nitrogens with zero attached hydrogens (tertiary/aromatic N) is 4. The lowest BCUT2D eigenvalue weighted by molar-refractivity contribution is 0.0690. The Balaban J connectivity index is 1.89. The summed E-state index contributed by atoms with van der Waals surface area (Å²) in [7, 11) is 0. The van der Waals surface area contributed by atoms with Crippen molar-refractivity contribution in [3.05, 3.63) is 58.6 Å². The molecule has 0 saturated carbocycles. The van der Waals surface area contributed by atoms with E-state index in [4.69, 9.17) is 5.11 Å². The number of carbonyl (C=O) groups is 1. The van der Waals surface area contributed by atoms with Crippen LogP contribution in [0, 0.1) is 0 Å². The molecule has 0 fully saturated rings. The van der Waals surface area contributed by atoms with Crippen molar-refractivity contribution in [1.82, 2.24) is 19.6 Å². The van der Waals surface area contributed by atoms with Crippen molar-refractivity contribution in [2.24, 2.45) is 0 Å². The highest BCUT2D eigenvalue weighted by Crippen LogP contribution is 2.10. The maximum absolute atomic E-state index is 12.0. The van der Waals surface area contributed by atoms with Crippen molar-refractivity contribution in [3.63, 3.8) is 0 Å². The van der Waals surface area contributed by atoms with Crippen LogP contribution in [-0.2, 0) is 13.1 Å². The molecule has 21 heavy (non-hydrogen) atoms. The summed E-state index contributed by atoms with van der Waals surface area (Å²) in [5.74, 6) is -1.12. The van der Waals surface area contributed by atoms with E-state index in [-0.39, 0.29) is 11.3 Å². The van der Waals surface area contributed by atoms with Crippen molar-refractivity contribution >= 4 is 16.9 Å². The quantitative estimate of drug-likeness (QED) is 0.771. The highest BCUT2D eigenvalue weighted by atomic mass is 16.4. The molecule has 0 unspecified atom stereocenters. The summed E-state index contributed by atoms with van der Waals surface area (Å²) < 4.78 is 3.05. The summed E-state index contributed by atoms with van der Waals surface area (Å²) in [6.45, 7) is 0.761. The van der Waals surface area contributed by atoms with Crippen molar-refractivity contribution < 1.29 is 9.90 Å². The Morgan fingerprint density at radius 2 is 1.95 bits per heavy atom. The fraction of sp³-hybridized carbons (Fsp3) is 0.143. The Bertz CT molecular complexity index is 866. The molecular weight excluding hydrogens is 272 g/mol. The first kappa shape index (κ1) is 13.0. The molecular formula is C14H12N4O3. The lowest BCUT2D eigenvalue weighted by Gasteiger charge is -2.09. The Hall–Kier alpha value is -2.96. The number of pyridine rings is 1.